The van der Waals surface area contributed by atoms with Crippen LogP contribution in [0.4, 0.5) is 8.78 Å². The van der Waals surface area contributed by atoms with Crippen LogP contribution in [0.25, 0.3) is 11.1 Å². The Bertz CT molecular complexity index is 749. The molecule has 0 unspecified atom stereocenters. The van der Waals surface area contributed by atoms with Crippen molar-refractivity contribution in [2.45, 2.75) is 13.3 Å². The first-order valence-electron chi connectivity index (χ1n) is 5.92. The van der Waals surface area contributed by atoms with Crippen LogP contribution in [0.3, 0.4) is 0 Å². The van der Waals surface area contributed by atoms with Crippen molar-refractivity contribution in [2.75, 3.05) is 0 Å². The summed E-state index contributed by atoms with van der Waals surface area (Å²) >= 11 is 0. The summed E-state index contributed by atoms with van der Waals surface area (Å²) in [6.45, 7) is 1.96. The van der Waals surface area contributed by atoms with Crippen LogP contribution < -0.4 is 0 Å². The summed E-state index contributed by atoms with van der Waals surface area (Å²) in [7, 11) is 0. The van der Waals surface area contributed by atoms with Crippen molar-refractivity contribution in [3.05, 3.63) is 65.1 Å². The van der Waals surface area contributed by atoms with Crippen molar-refractivity contribution in [1.29, 1.82) is 0 Å². The fraction of sp³-hybridized carbons (Fsp3) is 0.133. The summed E-state index contributed by atoms with van der Waals surface area (Å²) in [5.74, 6) is -0.548. The molecule has 0 spiro atoms. The second-order valence-electron chi connectivity index (χ2n) is 4.49. The van der Waals surface area contributed by atoms with Crippen molar-refractivity contribution in [2.24, 2.45) is 0 Å². The molecule has 4 heteroatoms. The van der Waals surface area contributed by atoms with Crippen LogP contribution in [0.15, 0.2) is 40.8 Å². The number of hydrogen-bond acceptors (Lipinski definition) is 2. The number of rotatable bonds is 2. The van der Waals surface area contributed by atoms with Crippen LogP contribution in [-0.4, -0.2) is 4.98 Å². The lowest BCUT2D eigenvalue weighted by Gasteiger charge is -1.99. The maximum absolute atomic E-state index is 13.5. The topological polar surface area (TPSA) is 26.0 Å². The lowest BCUT2D eigenvalue weighted by Crippen LogP contribution is -1.93. The average Bonchev–Trinajstić information content (AvgIpc) is 2.75. The van der Waals surface area contributed by atoms with Gasteiger partial charge in [0.25, 0.3) is 0 Å². The molecule has 0 atom stereocenters. The van der Waals surface area contributed by atoms with Crippen molar-refractivity contribution >= 4 is 11.1 Å². The van der Waals surface area contributed by atoms with Crippen LogP contribution in [0.1, 0.15) is 17.0 Å². The van der Waals surface area contributed by atoms with E-state index >= 15 is 0 Å². The molecule has 0 aliphatic carbocycles. The summed E-state index contributed by atoms with van der Waals surface area (Å²) in [6.07, 6.45) is 0.136. The molecule has 96 valence electrons. The van der Waals surface area contributed by atoms with Gasteiger partial charge in [-0.2, -0.15) is 0 Å². The molecule has 0 aliphatic heterocycles. The Morgan fingerprint density at radius 2 is 1.95 bits per heavy atom. The van der Waals surface area contributed by atoms with Crippen molar-refractivity contribution in [3.63, 3.8) is 0 Å². The van der Waals surface area contributed by atoms with E-state index in [2.05, 4.69) is 4.98 Å². The number of fused-ring (bicyclic) bond motifs is 1. The second-order valence-corrected chi connectivity index (χ2v) is 4.49. The maximum atomic E-state index is 13.5. The Hall–Kier alpha value is -2.23. The predicted octanol–water partition coefficient (Wildman–Crippen LogP) is 4.01. The molecule has 3 aromatic rings. The van der Waals surface area contributed by atoms with E-state index in [1.54, 1.807) is 0 Å². The lowest BCUT2D eigenvalue weighted by molar-refractivity contribution is 0.530. The molecular formula is C15H11F2NO. The van der Waals surface area contributed by atoms with Crippen LogP contribution in [0.2, 0.25) is 0 Å². The van der Waals surface area contributed by atoms with Gasteiger partial charge in [0.2, 0.25) is 0 Å². The predicted molar refractivity (Wildman–Crippen MR) is 67.9 cm³/mol. The SMILES string of the molecule is Cc1ccc2oc(Cc3cc(F)ccc3F)nc2c1. The molecule has 0 radical (unpaired) electrons. The molecule has 1 heterocycles. The highest BCUT2D eigenvalue weighted by Crippen LogP contribution is 2.20. The van der Waals surface area contributed by atoms with E-state index in [4.69, 9.17) is 4.42 Å². The molecular weight excluding hydrogens is 248 g/mol. The standard InChI is InChI=1S/C15H11F2NO/c1-9-2-5-14-13(6-9)18-15(19-14)8-10-7-11(16)3-4-12(10)17/h2-7H,8H2,1H3. The first kappa shape index (κ1) is 11.8. The zero-order valence-corrected chi connectivity index (χ0v) is 10.3. The first-order valence-corrected chi connectivity index (χ1v) is 5.92. The molecule has 0 aliphatic rings. The molecule has 3 rings (SSSR count). The molecule has 0 bridgehead atoms. The Morgan fingerprint density at radius 1 is 1.11 bits per heavy atom. The molecule has 0 fully saturated rings. The Labute approximate surface area is 108 Å². The van der Waals surface area contributed by atoms with Crippen molar-refractivity contribution in [1.82, 2.24) is 4.98 Å². The summed E-state index contributed by atoms with van der Waals surface area (Å²) < 4.78 is 32.1. The van der Waals surface area contributed by atoms with E-state index in [1.165, 1.54) is 0 Å². The normalized spacial score (nSPS) is 11.1. The lowest BCUT2D eigenvalue weighted by atomic mass is 10.1. The molecule has 2 nitrogen and oxygen atoms in total. The minimum atomic E-state index is -0.469. The Morgan fingerprint density at radius 3 is 2.79 bits per heavy atom. The van der Waals surface area contributed by atoms with Gasteiger partial charge in [0.1, 0.15) is 17.2 Å². The number of nitrogens with zero attached hydrogens (tertiary/aromatic N) is 1. The summed E-state index contributed by atoms with van der Waals surface area (Å²) in [5, 5.41) is 0. The van der Waals surface area contributed by atoms with Gasteiger partial charge < -0.3 is 4.42 Å². The van der Waals surface area contributed by atoms with Gasteiger partial charge in [-0.1, -0.05) is 6.07 Å². The van der Waals surface area contributed by atoms with E-state index < -0.39 is 11.6 Å². The fourth-order valence-electron chi connectivity index (χ4n) is 2.00. The molecule has 1 aromatic heterocycles. The van der Waals surface area contributed by atoms with E-state index in [-0.39, 0.29) is 12.0 Å². The van der Waals surface area contributed by atoms with Crippen molar-refractivity contribution < 1.29 is 13.2 Å². The third-order valence-electron chi connectivity index (χ3n) is 2.94. The van der Waals surface area contributed by atoms with Gasteiger partial charge in [-0.15, -0.1) is 0 Å². The van der Waals surface area contributed by atoms with Gasteiger partial charge in [-0.25, -0.2) is 13.8 Å². The highest BCUT2D eigenvalue weighted by molar-refractivity contribution is 5.73. The van der Waals surface area contributed by atoms with E-state index in [0.29, 0.717) is 11.5 Å². The third-order valence-corrected chi connectivity index (χ3v) is 2.94. The quantitative estimate of drug-likeness (QED) is 0.695. The van der Waals surface area contributed by atoms with Gasteiger partial charge in [-0.05, 0) is 48.4 Å². The van der Waals surface area contributed by atoms with E-state index in [9.17, 15) is 8.78 Å². The molecule has 0 saturated heterocycles. The molecule has 0 N–H and O–H groups in total. The summed E-state index contributed by atoms with van der Waals surface area (Å²) in [6, 6.07) is 8.99. The fourth-order valence-corrected chi connectivity index (χ4v) is 2.00. The maximum Gasteiger partial charge on any atom is 0.200 e. The minimum absolute atomic E-state index is 0.136. The number of aromatic nitrogens is 1. The van der Waals surface area contributed by atoms with Gasteiger partial charge in [0.15, 0.2) is 11.5 Å². The van der Waals surface area contributed by atoms with Gasteiger partial charge in [-0.3, -0.25) is 0 Å². The van der Waals surface area contributed by atoms with E-state index in [1.807, 2.05) is 25.1 Å². The summed E-state index contributed by atoms with van der Waals surface area (Å²) in [5.41, 5.74) is 2.69. The monoisotopic (exact) mass is 259 g/mol. The zero-order valence-electron chi connectivity index (χ0n) is 10.3. The van der Waals surface area contributed by atoms with Crippen LogP contribution in [0.5, 0.6) is 0 Å². The van der Waals surface area contributed by atoms with Crippen LogP contribution >= 0.6 is 0 Å². The Kier molecular flexibility index (Phi) is 2.78. The van der Waals surface area contributed by atoms with Crippen LogP contribution in [-0.2, 0) is 6.42 Å². The largest absolute Gasteiger partial charge is 0.440 e. The summed E-state index contributed by atoms with van der Waals surface area (Å²) in [4.78, 5) is 4.28. The molecule has 2 aromatic carbocycles. The molecule has 19 heavy (non-hydrogen) atoms. The smallest absolute Gasteiger partial charge is 0.200 e. The number of aryl methyl sites for hydroxylation is 1. The molecule has 0 amide bonds. The van der Waals surface area contributed by atoms with Gasteiger partial charge >= 0.3 is 0 Å². The highest BCUT2D eigenvalue weighted by atomic mass is 19.1. The second kappa shape index (κ2) is 4.46. The number of halogens is 2. The van der Waals surface area contributed by atoms with Gasteiger partial charge in [0, 0.05) is 0 Å². The third kappa shape index (κ3) is 2.34. The zero-order chi connectivity index (χ0) is 13.4. The number of hydrogen-bond donors (Lipinski definition) is 0. The van der Waals surface area contributed by atoms with Crippen molar-refractivity contribution in [3.8, 4) is 0 Å². The molecule has 0 saturated carbocycles. The van der Waals surface area contributed by atoms with E-state index in [0.717, 1.165) is 29.3 Å². The van der Waals surface area contributed by atoms with Gasteiger partial charge in [0.05, 0.1) is 6.42 Å². The number of oxazole rings is 1. The number of benzene rings is 2. The Balaban J connectivity index is 1.98. The average molecular weight is 259 g/mol. The van der Waals surface area contributed by atoms with Crippen LogP contribution in [0, 0.1) is 18.6 Å². The first-order chi connectivity index (χ1) is 9.11. The minimum Gasteiger partial charge on any atom is -0.440 e. The highest BCUT2D eigenvalue weighted by Gasteiger charge is 2.10.